The van der Waals surface area contributed by atoms with Gasteiger partial charge in [0.15, 0.2) is 11.6 Å². The molecule has 3 heteroatoms. The van der Waals surface area contributed by atoms with E-state index in [1.54, 1.807) is 0 Å². The van der Waals surface area contributed by atoms with E-state index in [4.69, 9.17) is 0 Å². The number of aliphatic hydroxyl groups excluding tert-OH is 1. The lowest BCUT2D eigenvalue weighted by molar-refractivity contribution is 0.151. The van der Waals surface area contributed by atoms with Crippen LogP contribution in [0.15, 0.2) is 12.1 Å². The van der Waals surface area contributed by atoms with Crippen LogP contribution < -0.4 is 0 Å². The maximum absolute atomic E-state index is 13.7. The van der Waals surface area contributed by atoms with Crippen molar-refractivity contribution in [1.82, 2.24) is 0 Å². The van der Waals surface area contributed by atoms with Crippen molar-refractivity contribution in [3.63, 3.8) is 0 Å². The lowest BCUT2D eigenvalue weighted by Crippen LogP contribution is -2.06. The fraction of sp³-hybridized carbons (Fsp3) is 0.600. The largest absolute Gasteiger partial charge is 0.388 e. The van der Waals surface area contributed by atoms with Crippen molar-refractivity contribution in [3.8, 4) is 0 Å². The molecule has 0 bridgehead atoms. The summed E-state index contributed by atoms with van der Waals surface area (Å²) < 4.78 is 27.1. The van der Waals surface area contributed by atoms with Crippen molar-refractivity contribution in [2.45, 2.75) is 51.6 Å². The zero-order valence-electron chi connectivity index (χ0n) is 10.8. The van der Waals surface area contributed by atoms with Crippen molar-refractivity contribution >= 4 is 0 Å². The summed E-state index contributed by atoms with van der Waals surface area (Å²) in [7, 11) is 0. The van der Waals surface area contributed by atoms with Gasteiger partial charge in [-0.25, -0.2) is 8.78 Å². The maximum atomic E-state index is 13.7. The van der Waals surface area contributed by atoms with Crippen LogP contribution in [0, 0.1) is 24.5 Å². The molecule has 0 amide bonds. The molecule has 100 valence electrons. The Labute approximate surface area is 107 Å². The molecule has 2 rings (SSSR count). The molecule has 0 aliphatic heterocycles. The topological polar surface area (TPSA) is 20.2 Å². The van der Waals surface area contributed by atoms with Crippen LogP contribution in [0.5, 0.6) is 0 Å². The quantitative estimate of drug-likeness (QED) is 0.850. The molecule has 1 saturated carbocycles. The van der Waals surface area contributed by atoms with E-state index >= 15 is 0 Å². The van der Waals surface area contributed by atoms with Gasteiger partial charge >= 0.3 is 0 Å². The average molecular weight is 254 g/mol. The highest BCUT2D eigenvalue weighted by Crippen LogP contribution is 2.32. The third-order valence-electron chi connectivity index (χ3n) is 3.99. The first-order valence-corrected chi connectivity index (χ1v) is 6.72. The second kappa shape index (κ2) is 5.79. The van der Waals surface area contributed by atoms with Gasteiger partial charge in [0.25, 0.3) is 0 Å². The minimum atomic E-state index is -0.895. The summed E-state index contributed by atoms with van der Waals surface area (Å²) >= 11 is 0. The van der Waals surface area contributed by atoms with E-state index in [0.29, 0.717) is 12.3 Å². The van der Waals surface area contributed by atoms with Gasteiger partial charge in [0.2, 0.25) is 0 Å². The summed E-state index contributed by atoms with van der Waals surface area (Å²) in [5.74, 6) is -1.08. The van der Waals surface area contributed by atoms with Crippen molar-refractivity contribution in [3.05, 3.63) is 34.9 Å². The minimum Gasteiger partial charge on any atom is -0.388 e. The van der Waals surface area contributed by atoms with Gasteiger partial charge in [-0.2, -0.15) is 0 Å². The molecule has 1 unspecified atom stereocenters. The summed E-state index contributed by atoms with van der Waals surface area (Å²) in [4.78, 5) is 0. The number of halogens is 2. The predicted octanol–water partition coefficient (Wildman–Crippen LogP) is 4.28. The number of aliphatic hydroxyl groups is 1. The highest BCUT2D eigenvalue weighted by molar-refractivity contribution is 5.26. The van der Waals surface area contributed by atoms with Crippen LogP contribution in [-0.4, -0.2) is 5.11 Å². The summed E-state index contributed by atoms with van der Waals surface area (Å²) in [5, 5.41) is 9.97. The van der Waals surface area contributed by atoms with E-state index in [1.807, 2.05) is 0 Å². The average Bonchev–Trinajstić information content (AvgIpc) is 2.86. The molecule has 18 heavy (non-hydrogen) atoms. The molecule has 0 aromatic heterocycles. The molecule has 1 N–H and O–H groups in total. The maximum Gasteiger partial charge on any atom is 0.164 e. The fourth-order valence-electron chi connectivity index (χ4n) is 2.77. The van der Waals surface area contributed by atoms with Gasteiger partial charge in [-0.15, -0.1) is 0 Å². The van der Waals surface area contributed by atoms with Gasteiger partial charge in [-0.3, -0.25) is 0 Å². The number of hydrogen-bond acceptors (Lipinski definition) is 1. The Kier molecular flexibility index (Phi) is 4.33. The van der Waals surface area contributed by atoms with E-state index in [-0.39, 0.29) is 11.1 Å². The lowest BCUT2D eigenvalue weighted by atomic mass is 9.95. The second-order valence-corrected chi connectivity index (χ2v) is 5.34. The van der Waals surface area contributed by atoms with Gasteiger partial charge in [0.1, 0.15) is 0 Å². The smallest absolute Gasteiger partial charge is 0.164 e. The molecule has 1 aliphatic carbocycles. The highest BCUT2D eigenvalue weighted by Gasteiger charge is 2.20. The Morgan fingerprint density at radius 1 is 1.22 bits per heavy atom. The van der Waals surface area contributed by atoms with Crippen LogP contribution in [-0.2, 0) is 0 Å². The Morgan fingerprint density at radius 2 is 1.89 bits per heavy atom. The third kappa shape index (κ3) is 2.89. The molecule has 1 aliphatic rings. The first-order valence-electron chi connectivity index (χ1n) is 6.72. The molecule has 0 radical (unpaired) electrons. The molecule has 1 aromatic rings. The van der Waals surface area contributed by atoms with Gasteiger partial charge in [-0.05, 0) is 31.2 Å². The third-order valence-corrected chi connectivity index (χ3v) is 3.99. The zero-order chi connectivity index (χ0) is 13.1. The molecule has 1 nitrogen and oxygen atoms in total. The van der Waals surface area contributed by atoms with Crippen LogP contribution >= 0.6 is 0 Å². The molecule has 0 heterocycles. The second-order valence-electron chi connectivity index (χ2n) is 5.34. The zero-order valence-corrected chi connectivity index (χ0v) is 10.8. The number of benzene rings is 1. The van der Waals surface area contributed by atoms with Gasteiger partial charge in [-0.1, -0.05) is 37.8 Å². The van der Waals surface area contributed by atoms with Gasteiger partial charge in [0.05, 0.1) is 6.10 Å². The van der Waals surface area contributed by atoms with E-state index in [1.165, 1.54) is 44.7 Å². The van der Waals surface area contributed by atoms with Gasteiger partial charge in [0, 0.05) is 5.56 Å². The summed E-state index contributed by atoms with van der Waals surface area (Å²) in [6.45, 7) is 1.52. The van der Waals surface area contributed by atoms with Crippen LogP contribution in [0.3, 0.4) is 0 Å². The highest BCUT2D eigenvalue weighted by atomic mass is 19.2. The molecule has 1 aromatic carbocycles. The Hall–Kier alpha value is -0.960. The number of rotatable bonds is 4. The fourth-order valence-corrected chi connectivity index (χ4v) is 2.77. The van der Waals surface area contributed by atoms with Crippen LogP contribution in [0.4, 0.5) is 8.78 Å². The van der Waals surface area contributed by atoms with E-state index < -0.39 is 17.7 Å². The molecule has 0 spiro atoms. The molecule has 0 saturated heterocycles. The number of aryl methyl sites for hydroxylation is 1. The van der Waals surface area contributed by atoms with Crippen molar-refractivity contribution in [1.29, 1.82) is 0 Å². The van der Waals surface area contributed by atoms with E-state index in [0.717, 1.165) is 6.42 Å². The summed E-state index contributed by atoms with van der Waals surface area (Å²) in [6, 6.07) is 3.01. The number of hydrogen-bond donors (Lipinski definition) is 1. The predicted molar refractivity (Wildman–Crippen MR) is 67.2 cm³/mol. The van der Waals surface area contributed by atoms with Crippen molar-refractivity contribution in [2.24, 2.45) is 5.92 Å². The Balaban J connectivity index is 1.99. The van der Waals surface area contributed by atoms with Crippen LogP contribution in [0.25, 0.3) is 0 Å². The minimum absolute atomic E-state index is 0.0936. The molecule has 1 fully saturated rings. The van der Waals surface area contributed by atoms with Crippen molar-refractivity contribution < 1.29 is 13.9 Å². The standard InChI is InChI=1S/C15H20F2O/c1-10-6-8-12(15(17)14(10)16)13(18)9-7-11-4-2-3-5-11/h6,8,11,13,18H,2-5,7,9H2,1H3. The van der Waals surface area contributed by atoms with Gasteiger partial charge < -0.3 is 5.11 Å². The van der Waals surface area contributed by atoms with E-state index in [9.17, 15) is 13.9 Å². The molecular weight excluding hydrogens is 234 g/mol. The molecule has 1 atom stereocenters. The normalized spacial score (nSPS) is 18.2. The Bertz CT molecular complexity index is 411. The Morgan fingerprint density at radius 3 is 2.56 bits per heavy atom. The first-order chi connectivity index (χ1) is 8.59. The lowest BCUT2D eigenvalue weighted by Gasteiger charge is -2.15. The monoisotopic (exact) mass is 254 g/mol. The van der Waals surface area contributed by atoms with Crippen LogP contribution in [0.2, 0.25) is 0 Å². The summed E-state index contributed by atoms with van der Waals surface area (Å²) in [5.41, 5.74) is 0.371. The molecular formula is C15H20F2O. The van der Waals surface area contributed by atoms with E-state index in [2.05, 4.69) is 0 Å². The van der Waals surface area contributed by atoms with Crippen molar-refractivity contribution in [2.75, 3.05) is 0 Å². The summed E-state index contributed by atoms with van der Waals surface area (Å²) in [6.07, 6.45) is 5.46. The first kappa shape index (κ1) is 13.5. The SMILES string of the molecule is Cc1ccc(C(O)CCC2CCCC2)c(F)c1F. The van der Waals surface area contributed by atoms with Crippen LogP contribution in [0.1, 0.15) is 55.8 Å².